The number of aromatic nitrogens is 4. The van der Waals surface area contributed by atoms with Gasteiger partial charge in [0, 0.05) is 32.5 Å². The monoisotopic (exact) mass is 289 g/mol. The number of nitrogens with zero attached hydrogens (tertiary/aromatic N) is 4. The minimum Gasteiger partial charge on any atom is -0.451 e. The first kappa shape index (κ1) is 14.0. The van der Waals surface area contributed by atoms with Crippen molar-refractivity contribution < 1.29 is 9.47 Å². The lowest BCUT2D eigenvalue weighted by molar-refractivity contribution is -0.0489. The summed E-state index contributed by atoms with van der Waals surface area (Å²) in [6.45, 7) is 4.26. The van der Waals surface area contributed by atoms with Gasteiger partial charge >= 0.3 is 6.01 Å². The molecule has 2 aromatic heterocycles. The Morgan fingerprint density at radius 1 is 1.43 bits per heavy atom. The molecule has 3 heterocycles. The van der Waals surface area contributed by atoms with E-state index in [2.05, 4.69) is 20.4 Å². The minimum absolute atomic E-state index is 0.100. The van der Waals surface area contributed by atoms with Crippen molar-refractivity contribution in [3.63, 3.8) is 0 Å². The van der Waals surface area contributed by atoms with Gasteiger partial charge in [0.15, 0.2) is 6.10 Å². The molecule has 1 fully saturated rings. The van der Waals surface area contributed by atoms with E-state index in [4.69, 9.17) is 9.47 Å². The molecule has 1 N–H and O–H groups in total. The molecule has 0 amide bonds. The standard InChI is InChI=1S/C14H19N5O2/c1-10-8-18-19(2)12(10)13(11-9-15-6-7-20-11)21-14-16-4-3-5-17-14/h3-5,8,11,13,15H,6-7,9H2,1-2H3. The normalized spacial score (nSPS) is 20.2. The van der Waals surface area contributed by atoms with Gasteiger partial charge in [-0.1, -0.05) is 0 Å². The Hall–Kier alpha value is -1.99. The average Bonchev–Trinajstić information content (AvgIpc) is 2.86. The van der Waals surface area contributed by atoms with Crippen molar-refractivity contribution in [2.75, 3.05) is 19.7 Å². The van der Waals surface area contributed by atoms with Crippen LogP contribution in [0, 0.1) is 6.92 Å². The highest BCUT2D eigenvalue weighted by Crippen LogP contribution is 2.27. The highest BCUT2D eigenvalue weighted by atomic mass is 16.6. The minimum atomic E-state index is -0.298. The van der Waals surface area contributed by atoms with Gasteiger partial charge in [-0.3, -0.25) is 4.68 Å². The quantitative estimate of drug-likeness (QED) is 0.890. The van der Waals surface area contributed by atoms with E-state index in [1.165, 1.54) is 0 Å². The molecule has 1 saturated heterocycles. The third kappa shape index (κ3) is 3.03. The van der Waals surface area contributed by atoms with Crippen LogP contribution in [0.4, 0.5) is 0 Å². The van der Waals surface area contributed by atoms with E-state index < -0.39 is 0 Å². The van der Waals surface area contributed by atoms with Gasteiger partial charge in [0.05, 0.1) is 18.5 Å². The van der Waals surface area contributed by atoms with Crippen LogP contribution in [0.5, 0.6) is 6.01 Å². The zero-order valence-corrected chi connectivity index (χ0v) is 12.2. The van der Waals surface area contributed by atoms with Gasteiger partial charge in [-0.05, 0) is 18.6 Å². The lowest BCUT2D eigenvalue weighted by Crippen LogP contribution is -2.44. The number of aryl methyl sites for hydroxylation is 2. The molecule has 2 unspecified atom stereocenters. The van der Waals surface area contributed by atoms with Crippen LogP contribution in [0.3, 0.4) is 0 Å². The van der Waals surface area contributed by atoms with Crippen molar-refractivity contribution in [3.8, 4) is 6.01 Å². The molecule has 2 atom stereocenters. The van der Waals surface area contributed by atoms with E-state index in [0.29, 0.717) is 12.6 Å². The molecule has 3 rings (SSSR count). The molecule has 0 radical (unpaired) electrons. The van der Waals surface area contributed by atoms with Crippen molar-refractivity contribution in [1.82, 2.24) is 25.1 Å². The van der Waals surface area contributed by atoms with Crippen LogP contribution in [0.25, 0.3) is 0 Å². The molecule has 0 bridgehead atoms. The fourth-order valence-electron chi connectivity index (χ4n) is 2.51. The summed E-state index contributed by atoms with van der Waals surface area (Å²) < 4.78 is 13.7. The van der Waals surface area contributed by atoms with Crippen molar-refractivity contribution in [2.45, 2.75) is 19.1 Å². The van der Waals surface area contributed by atoms with E-state index in [1.54, 1.807) is 18.5 Å². The van der Waals surface area contributed by atoms with E-state index in [0.717, 1.165) is 24.3 Å². The van der Waals surface area contributed by atoms with Gasteiger partial charge in [0.1, 0.15) is 6.10 Å². The Morgan fingerprint density at radius 2 is 2.24 bits per heavy atom. The Labute approximate surface area is 123 Å². The third-order valence-corrected chi connectivity index (χ3v) is 3.52. The maximum atomic E-state index is 6.01. The number of nitrogens with one attached hydrogen (secondary N) is 1. The predicted molar refractivity (Wildman–Crippen MR) is 76.0 cm³/mol. The van der Waals surface area contributed by atoms with E-state index in [1.807, 2.05) is 24.9 Å². The zero-order chi connectivity index (χ0) is 14.7. The Morgan fingerprint density at radius 3 is 2.86 bits per heavy atom. The van der Waals surface area contributed by atoms with Gasteiger partial charge in [0.25, 0.3) is 0 Å². The molecule has 21 heavy (non-hydrogen) atoms. The summed E-state index contributed by atoms with van der Waals surface area (Å²) in [7, 11) is 1.90. The average molecular weight is 289 g/mol. The number of morpholine rings is 1. The van der Waals surface area contributed by atoms with Crippen LogP contribution in [0.1, 0.15) is 17.4 Å². The second-order valence-corrected chi connectivity index (χ2v) is 5.02. The highest BCUT2D eigenvalue weighted by Gasteiger charge is 2.32. The highest BCUT2D eigenvalue weighted by molar-refractivity contribution is 5.21. The number of rotatable bonds is 4. The first-order valence-corrected chi connectivity index (χ1v) is 7.00. The maximum absolute atomic E-state index is 6.01. The van der Waals surface area contributed by atoms with Crippen molar-refractivity contribution in [2.24, 2.45) is 7.05 Å². The lowest BCUT2D eigenvalue weighted by Gasteiger charge is -2.31. The molecule has 2 aromatic rings. The SMILES string of the molecule is Cc1cnn(C)c1C(Oc1ncccn1)C1CNCCO1. The Balaban J connectivity index is 1.90. The Bertz CT molecular complexity index is 561. The molecular weight excluding hydrogens is 270 g/mol. The second kappa shape index (κ2) is 6.19. The van der Waals surface area contributed by atoms with Crippen LogP contribution < -0.4 is 10.1 Å². The summed E-state index contributed by atoms with van der Waals surface area (Å²) in [5.41, 5.74) is 2.05. The van der Waals surface area contributed by atoms with Gasteiger partial charge in [-0.25, -0.2) is 9.97 Å². The smallest absolute Gasteiger partial charge is 0.317 e. The van der Waals surface area contributed by atoms with Crippen LogP contribution in [-0.4, -0.2) is 45.5 Å². The lowest BCUT2D eigenvalue weighted by atomic mass is 10.1. The molecule has 7 heteroatoms. The van der Waals surface area contributed by atoms with Crippen LogP contribution in [-0.2, 0) is 11.8 Å². The molecule has 0 aliphatic carbocycles. The third-order valence-electron chi connectivity index (χ3n) is 3.52. The topological polar surface area (TPSA) is 74.1 Å². The van der Waals surface area contributed by atoms with E-state index in [9.17, 15) is 0 Å². The van der Waals surface area contributed by atoms with Gasteiger partial charge in [-0.15, -0.1) is 0 Å². The number of hydrogen-bond acceptors (Lipinski definition) is 6. The first-order valence-electron chi connectivity index (χ1n) is 7.00. The van der Waals surface area contributed by atoms with E-state index >= 15 is 0 Å². The fraction of sp³-hybridized carbons (Fsp3) is 0.500. The predicted octanol–water partition coefficient (Wildman–Crippen LogP) is 0.627. The van der Waals surface area contributed by atoms with Gasteiger partial charge in [-0.2, -0.15) is 5.10 Å². The molecule has 0 aromatic carbocycles. The van der Waals surface area contributed by atoms with Crippen LogP contribution >= 0.6 is 0 Å². The zero-order valence-electron chi connectivity index (χ0n) is 12.2. The van der Waals surface area contributed by atoms with Crippen molar-refractivity contribution in [1.29, 1.82) is 0 Å². The van der Waals surface area contributed by atoms with Gasteiger partial charge in [0.2, 0.25) is 0 Å². The molecule has 1 aliphatic heterocycles. The largest absolute Gasteiger partial charge is 0.451 e. The fourth-order valence-corrected chi connectivity index (χ4v) is 2.51. The van der Waals surface area contributed by atoms with Gasteiger partial charge < -0.3 is 14.8 Å². The first-order chi connectivity index (χ1) is 10.3. The molecule has 112 valence electrons. The summed E-state index contributed by atoms with van der Waals surface area (Å²) in [6, 6.07) is 2.10. The summed E-state index contributed by atoms with van der Waals surface area (Å²) in [5.74, 6) is 0. The Kier molecular flexibility index (Phi) is 4.12. The van der Waals surface area contributed by atoms with Crippen LogP contribution in [0.2, 0.25) is 0 Å². The molecular formula is C14H19N5O2. The summed E-state index contributed by atoms with van der Waals surface area (Å²) in [4.78, 5) is 8.29. The van der Waals surface area contributed by atoms with Crippen molar-refractivity contribution >= 4 is 0 Å². The molecule has 7 nitrogen and oxygen atoms in total. The summed E-state index contributed by atoms with van der Waals surface area (Å²) in [6.07, 6.45) is 4.75. The second-order valence-electron chi connectivity index (χ2n) is 5.02. The number of ether oxygens (including phenoxy) is 2. The van der Waals surface area contributed by atoms with E-state index in [-0.39, 0.29) is 12.2 Å². The van der Waals surface area contributed by atoms with Crippen molar-refractivity contribution in [3.05, 3.63) is 35.9 Å². The molecule has 0 saturated carbocycles. The summed E-state index contributed by atoms with van der Waals surface area (Å²) >= 11 is 0. The maximum Gasteiger partial charge on any atom is 0.317 e. The summed E-state index contributed by atoms with van der Waals surface area (Å²) in [5, 5.41) is 7.62. The van der Waals surface area contributed by atoms with Crippen LogP contribution in [0.15, 0.2) is 24.7 Å². The molecule has 1 aliphatic rings. The number of hydrogen-bond donors (Lipinski definition) is 1. The molecule has 0 spiro atoms.